The number of ether oxygens (including phenoxy) is 1. The highest BCUT2D eigenvalue weighted by Crippen LogP contribution is 2.15. The minimum atomic E-state index is -0.261. The van der Waals surface area contributed by atoms with E-state index in [1.807, 2.05) is 48.5 Å². The molecule has 144 valence electrons. The van der Waals surface area contributed by atoms with Crippen LogP contribution in [-0.2, 0) is 24.4 Å². The molecule has 0 aliphatic carbocycles. The van der Waals surface area contributed by atoms with E-state index >= 15 is 0 Å². The summed E-state index contributed by atoms with van der Waals surface area (Å²) in [6.07, 6.45) is 1.11. The van der Waals surface area contributed by atoms with Crippen molar-refractivity contribution in [1.29, 1.82) is 0 Å². The van der Waals surface area contributed by atoms with Crippen LogP contribution in [0.5, 0.6) is 5.75 Å². The van der Waals surface area contributed by atoms with Crippen LogP contribution in [0.15, 0.2) is 72.8 Å². The number of carbonyl (C=O) groups excluding carboxylic acids is 1. The van der Waals surface area contributed by atoms with Gasteiger partial charge in [0.15, 0.2) is 0 Å². The van der Waals surface area contributed by atoms with Gasteiger partial charge >= 0.3 is 0 Å². The normalized spacial score (nSPS) is 10.5. The molecule has 0 unspecified atom stereocenters. The topological polar surface area (TPSA) is 38.3 Å². The Morgan fingerprint density at radius 1 is 0.857 bits per heavy atom. The zero-order chi connectivity index (χ0) is 19.8. The first-order chi connectivity index (χ1) is 13.6. The summed E-state index contributed by atoms with van der Waals surface area (Å²) >= 11 is 5.86. The molecule has 0 spiro atoms. The van der Waals surface area contributed by atoms with Gasteiger partial charge in [-0.1, -0.05) is 48.0 Å². The molecule has 3 nitrogen and oxygen atoms in total. The Labute approximate surface area is 169 Å². The van der Waals surface area contributed by atoms with Crippen molar-refractivity contribution in [2.75, 3.05) is 0 Å². The van der Waals surface area contributed by atoms with Crippen molar-refractivity contribution < 1.29 is 13.9 Å². The van der Waals surface area contributed by atoms with Crippen LogP contribution in [-0.4, -0.2) is 5.91 Å². The number of carbonyl (C=O) groups is 1. The Morgan fingerprint density at radius 3 is 2.14 bits per heavy atom. The summed E-state index contributed by atoms with van der Waals surface area (Å²) in [5.74, 6) is 0.469. The summed E-state index contributed by atoms with van der Waals surface area (Å²) in [5.41, 5.74) is 2.98. The smallest absolute Gasteiger partial charge is 0.220 e. The standard InChI is InChI=1S/C23H21ClFNO2/c24-20-8-1-17(2-9-20)7-14-23(27)26-15-18-5-12-22(13-6-18)28-16-19-3-10-21(25)11-4-19/h1-6,8-13H,7,14-16H2,(H,26,27). The van der Waals surface area contributed by atoms with Gasteiger partial charge < -0.3 is 10.1 Å². The van der Waals surface area contributed by atoms with Crippen LogP contribution in [0.25, 0.3) is 0 Å². The lowest BCUT2D eigenvalue weighted by Crippen LogP contribution is -2.22. The highest BCUT2D eigenvalue weighted by Gasteiger charge is 2.03. The van der Waals surface area contributed by atoms with Gasteiger partial charge in [0, 0.05) is 18.0 Å². The summed E-state index contributed by atoms with van der Waals surface area (Å²) in [4.78, 5) is 12.0. The lowest BCUT2D eigenvalue weighted by Gasteiger charge is -2.09. The largest absolute Gasteiger partial charge is 0.489 e. The molecule has 0 bridgehead atoms. The van der Waals surface area contributed by atoms with Gasteiger partial charge in [-0.25, -0.2) is 4.39 Å². The maximum atomic E-state index is 12.9. The molecule has 0 aromatic heterocycles. The van der Waals surface area contributed by atoms with E-state index in [0.717, 1.165) is 22.4 Å². The second kappa shape index (κ2) is 9.90. The van der Waals surface area contributed by atoms with Crippen LogP contribution in [0.4, 0.5) is 4.39 Å². The molecule has 0 saturated carbocycles. The lowest BCUT2D eigenvalue weighted by atomic mass is 10.1. The molecule has 0 heterocycles. The quantitative estimate of drug-likeness (QED) is 0.559. The van der Waals surface area contributed by atoms with Gasteiger partial charge in [0.05, 0.1) is 0 Å². The van der Waals surface area contributed by atoms with E-state index in [-0.39, 0.29) is 11.7 Å². The third kappa shape index (κ3) is 6.39. The summed E-state index contributed by atoms with van der Waals surface area (Å²) < 4.78 is 18.6. The minimum Gasteiger partial charge on any atom is -0.489 e. The molecule has 3 aromatic rings. The number of halogens is 2. The number of nitrogens with one attached hydrogen (secondary N) is 1. The zero-order valence-corrected chi connectivity index (χ0v) is 16.1. The van der Waals surface area contributed by atoms with E-state index in [9.17, 15) is 9.18 Å². The molecule has 28 heavy (non-hydrogen) atoms. The van der Waals surface area contributed by atoms with Crippen LogP contribution in [0.3, 0.4) is 0 Å². The molecule has 0 fully saturated rings. The van der Waals surface area contributed by atoms with Gasteiger partial charge in [0.25, 0.3) is 0 Å². The average molecular weight is 398 g/mol. The van der Waals surface area contributed by atoms with Crippen molar-refractivity contribution in [2.24, 2.45) is 0 Å². The third-order valence-electron chi connectivity index (χ3n) is 4.29. The van der Waals surface area contributed by atoms with Crippen molar-refractivity contribution in [1.82, 2.24) is 5.32 Å². The molecule has 0 radical (unpaired) electrons. The van der Waals surface area contributed by atoms with E-state index < -0.39 is 0 Å². The van der Waals surface area contributed by atoms with E-state index in [1.165, 1.54) is 12.1 Å². The molecule has 1 N–H and O–H groups in total. The first-order valence-electron chi connectivity index (χ1n) is 9.06. The van der Waals surface area contributed by atoms with Gasteiger partial charge in [0.2, 0.25) is 5.91 Å². The first kappa shape index (κ1) is 19.9. The Hall–Kier alpha value is -2.85. The second-order valence-electron chi connectivity index (χ2n) is 6.46. The Balaban J connectivity index is 1.40. The van der Waals surface area contributed by atoms with E-state index in [0.29, 0.717) is 31.0 Å². The van der Waals surface area contributed by atoms with Crippen molar-refractivity contribution in [2.45, 2.75) is 26.0 Å². The van der Waals surface area contributed by atoms with Gasteiger partial charge in [-0.2, -0.15) is 0 Å². The van der Waals surface area contributed by atoms with Gasteiger partial charge in [-0.05, 0) is 59.5 Å². The molecule has 0 saturated heterocycles. The molecule has 0 aliphatic rings. The van der Waals surface area contributed by atoms with E-state index in [2.05, 4.69) is 5.32 Å². The molecular formula is C23H21ClFNO2. The maximum Gasteiger partial charge on any atom is 0.220 e. The van der Waals surface area contributed by atoms with Gasteiger partial charge in [-0.15, -0.1) is 0 Å². The fourth-order valence-electron chi connectivity index (χ4n) is 2.65. The van der Waals surface area contributed by atoms with Gasteiger partial charge in [0.1, 0.15) is 18.2 Å². The molecule has 3 aromatic carbocycles. The SMILES string of the molecule is O=C(CCc1ccc(Cl)cc1)NCc1ccc(OCc2ccc(F)cc2)cc1. The summed E-state index contributed by atoms with van der Waals surface area (Å²) in [6.45, 7) is 0.846. The predicted molar refractivity (Wildman–Crippen MR) is 109 cm³/mol. The number of rotatable bonds is 8. The number of hydrogen-bond acceptors (Lipinski definition) is 2. The van der Waals surface area contributed by atoms with Crippen LogP contribution in [0, 0.1) is 5.82 Å². The molecule has 3 rings (SSSR count). The first-order valence-corrected chi connectivity index (χ1v) is 9.43. The van der Waals surface area contributed by atoms with Gasteiger partial charge in [-0.3, -0.25) is 4.79 Å². The fraction of sp³-hybridized carbons (Fsp3) is 0.174. The summed E-state index contributed by atoms with van der Waals surface area (Å²) in [7, 11) is 0. The summed E-state index contributed by atoms with van der Waals surface area (Å²) in [5, 5.41) is 3.61. The van der Waals surface area contributed by atoms with Crippen LogP contribution in [0.2, 0.25) is 5.02 Å². The number of benzene rings is 3. The number of aryl methyl sites for hydroxylation is 1. The molecule has 1 amide bonds. The Kier molecular flexibility index (Phi) is 7.04. The lowest BCUT2D eigenvalue weighted by molar-refractivity contribution is -0.121. The third-order valence-corrected chi connectivity index (χ3v) is 4.54. The van der Waals surface area contributed by atoms with E-state index in [1.54, 1.807) is 12.1 Å². The molecule has 0 aliphatic heterocycles. The Morgan fingerprint density at radius 2 is 1.46 bits per heavy atom. The summed E-state index contributed by atoms with van der Waals surface area (Å²) in [6, 6.07) is 21.3. The van der Waals surface area contributed by atoms with Crippen LogP contribution < -0.4 is 10.1 Å². The molecule has 5 heteroatoms. The minimum absolute atomic E-state index is 0.00610. The van der Waals surface area contributed by atoms with Crippen LogP contribution in [0.1, 0.15) is 23.1 Å². The van der Waals surface area contributed by atoms with E-state index in [4.69, 9.17) is 16.3 Å². The fourth-order valence-corrected chi connectivity index (χ4v) is 2.77. The van der Waals surface area contributed by atoms with Crippen molar-refractivity contribution >= 4 is 17.5 Å². The van der Waals surface area contributed by atoms with Crippen molar-refractivity contribution in [3.63, 3.8) is 0 Å². The van der Waals surface area contributed by atoms with Crippen molar-refractivity contribution in [3.8, 4) is 5.75 Å². The second-order valence-corrected chi connectivity index (χ2v) is 6.90. The molecule has 0 atom stereocenters. The Bertz CT molecular complexity index is 893. The molecular weight excluding hydrogens is 377 g/mol. The monoisotopic (exact) mass is 397 g/mol. The number of amides is 1. The van der Waals surface area contributed by atoms with Crippen LogP contribution >= 0.6 is 11.6 Å². The highest BCUT2D eigenvalue weighted by molar-refractivity contribution is 6.30. The number of hydrogen-bond donors (Lipinski definition) is 1. The zero-order valence-electron chi connectivity index (χ0n) is 15.3. The van der Waals surface area contributed by atoms with Crippen molar-refractivity contribution in [3.05, 3.63) is 100 Å². The predicted octanol–water partition coefficient (Wildman–Crippen LogP) is 5.31. The highest BCUT2D eigenvalue weighted by atomic mass is 35.5. The maximum absolute atomic E-state index is 12.9. The average Bonchev–Trinajstić information content (AvgIpc) is 2.72.